The molecule has 2 rings (SSSR count). The van der Waals surface area contributed by atoms with Crippen molar-refractivity contribution in [1.82, 2.24) is 5.32 Å². The Balaban J connectivity index is 1.66. The molecule has 1 saturated heterocycles. The van der Waals surface area contributed by atoms with E-state index < -0.39 is 0 Å². The Hall–Kier alpha value is -0.120. The number of hydrogen-bond donors (Lipinski definition) is 1. The standard InChI is InChI=1S/C15H29NO2/c1-17-11-6-5-10-16-14-7-12-18-15(13-14)8-3-2-4-9-15/h14,16H,2-13H2,1H3. The number of hydrogen-bond acceptors (Lipinski definition) is 3. The van der Waals surface area contributed by atoms with Gasteiger partial charge in [0.05, 0.1) is 5.60 Å². The average molecular weight is 255 g/mol. The highest BCUT2D eigenvalue weighted by atomic mass is 16.5. The second-order valence-corrected chi connectivity index (χ2v) is 5.94. The predicted molar refractivity (Wildman–Crippen MR) is 73.9 cm³/mol. The van der Waals surface area contributed by atoms with E-state index in [-0.39, 0.29) is 5.60 Å². The van der Waals surface area contributed by atoms with Crippen molar-refractivity contribution in [1.29, 1.82) is 0 Å². The molecule has 1 unspecified atom stereocenters. The number of ether oxygens (including phenoxy) is 2. The van der Waals surface area contributed by atoms with E-state index in [1.165, 1.54) is 51.4 Å². The van der Waals surface area contributed by atoms with Gasteiger partial charge in [-0.3, -0.25) is 0 Å². The van der Waals surface area contributed by atoms with E-state index in [2.05, 4.69) is 5.32 Å². The van der Waals surface area contributed by atoms with Crippen LogP contribution in [-0.4, -0.2) is 38.5 Å². The third-order valence-corrected chi connectivity index (χ3v) is 4.47. The van der Waals surface area contributed by atoms with Gasteiger partial charge in [0.1, 0.15) is 0 Å². The van der Waals surface area contributed by atoms with Gasteiger partial charge in [0.15, 0.2) is 0 Å². The van der Waals surface area contributed by atoms with Crippen LogP contribution in [0.15, 0.2) is 0 Å². The van der Waals surface area contributed by atoms with E-state index in [4.69, 9.17) is 9.47 Å². The van der Waals surface area contributed by atoms with Gasteiger partial charge in [0.2, 0.25) is 0 Å². The van der Waals surface area contributed by atoms with Gasteiger partial charge in [-0.05, 0) is 45.1 Å². The van der Waals surface area contributed by atoms with Gasteiger partial charge in [0.25, 0.3) is 0 Å². The van der Waals surface area contributed by atoms with Gasteiger partial charge >= 0.3 is 0 Å². The van der Waals surface area contributed by atoms with E-state index >= 15 is 0 Å². The maximum absolute atomic E-state index is 6.12. The zero-order chi connectivity index (χ0) is 12.7. The smallest absolute Gasteiger partial charge is 0.0697 e. The molecule has 1 N–H and O–H groups in total. The number of rotatable bonds is 6. The molecule has 106 valence electrons. The molecule has 1 atom stereocenters. The maximum Gasteiger partial charge on any atom is 0.0697 e. The molecular weight excluding hydrogens is 226 g/mol. The summed E-state index contributed by atoms with van der Waals surface area (Å²) >= 11 is 0. The normalized spacial score (nSPS) is 27.5. The van der Waals surface area contributed by atoms with Crippen LogP contribution < -0.4 is 5.32 Å². The summed E-state index contributed by atoms with van der Waals surface area (Å²) in [7, 11) is 1.78. The summed E-state index contributed by atoms with van der Waals surface area (Å²) in [5, 5.41) is 3.72. The largest absolute Gasteiger partial charge is 0.385 e. The minimum absolute atomic E-state index is 0.237. The van der Waals surface area contributed by atoms with Crippen LogP contribution in [0.2, 0.25) is 0 Å². The summed E-state index contributed by atoms with van der Waals surface area (Å²) in [6.07, 6.45) is 11.5. The van der Waals surface area contributed by atoms with Crippen LogP contribution in [0, 0.1) is 0 Å². The number of nitrogens with one attached hydrogen (secondary N) is 1. The molecule has 0 amide bonds. The Kier molecular flexibility index (Phi) is 5.93. The van der Waals surface area contributed by atoms with Crippen LogP contribution in [0.4, 0.5) is 0 Å². The van der Waals surface area contributed by atoms with E-state index in [1.807, 2.05) is 0 Å². The van der Waals surface area contributed by atoms with E-state index in [9.17, 15) is 0 Å². The fourth-order valence-electron chi connectivity index (χ4n) is 3.42. The van der Waals surface area contributed by atoms with Crippen molar-refractivity contribution in [2.24, 2.45) is 0 Å². The summed E-state index contributed by atoms with van der Waals surface area (Å²) in [6.45, 7) is 2.97. The lowest BCUT2D eigenvalue weighted by Crippen LogP contribution is -2.48. The van der Waals surface area contributed by atoms with Gasteiger partial charge in [-0.15, -0.1) is 0 Å². The minimum Gasteiger partial charge on any atom is -0.385 e. The summed E-state index contributed by atoms with van der Waals surface area (Å²) in [4.78, 5) is 0. The molecule has 3 nitrogen and oxygen atoms in total. The van der Waals surface area contributed by atoms with Crippen molar-refractivity contribution in [2.45, 2.75) is 69.4 Å². The molecule has 18 heavy (non-hydrogen) atoms. The zero-order valence-electron chi connectivity index (χ0n) is 11.9. The lowest BCUT2D eigenvalue weighted by atomic mass is 9.78. The lowest BCUT2D eigenvalue weighted by molar-refractivity contribution is -0.109. The first-order valence-corrected chi connectivity index (χ1v) is 7.71. The molecular formula is C15H29NO2. The average Bonchev–Trinajstić information content (AvgIpc) is 2.40. The Labute approximate surface area is 112 Å². The highest BCUT2D eigenvalue weighted by Crippen LogP contribution is 2.38. The molecule has 0 radical (unpaired) electrons. The summed E-state index contributed by atoms with van der Waals surface area (Å²) in [5.74, 6) is 0. The van der Waals surface area contributed by atoms with Crippen LogP contribution in [-0.2, 0) is 9.47 Å². The molecule has 2 aliphatic rings. The molecule has 0 aromatic rings. The number of unbranched alkanes of at least 4 members (excludes halogenated alkanes) is 1. The second-order valence-electron chi connectivity index (χ2n) is 5.94. The minimum atomic E-state index is 0.237. The van der Waals surface area contributed by atoms with E-state index in [1.54, 1.807) is 7.11 Å². The van der Waals surface area contributed by atoms with Crippen LogP contribution in [0.1, 0.15) is 57.8 Å². The van der Waals surface area contributed by atoms with Crippen molar-refractivity contribution >= 4 is 0 Å². The monoisotopic (exact) mass is 255 g/mol. The topological polar surface area (TPSA) is 30.5 Å². The Morgan fingerprint density at radius 2 is 2.06 bits per heavy atom. The summed E-state index contributed by atoms with van der Waals surface area (Å²) in [5.41, 5.74) is 0.237. The van der Waals surface area contributed by atoms with Crippen molar-refractivity contribution in [3.8, 4) is 0 Å². The zero-order valence-corrected chi connectivity index (χ0v) is 11.9. The molecule has 0 aromatic carbocycles. The first-order valence-electron chi connectivity index (χ1n) is 7.71. The molecule has 0 aromatic heterocycles. The Morgan fingerprint density at radius 3 is 2.83 bits per heavy atom. The molecule has 1 aliphatic carbocycles. The molecule has 0 bridgehead atoms. The summed E-state index contributed by atoms with van der Waals surface area (Å²) in [6, 6.07) is 0.680. The highest BCUT2D eigenvalue weighted by molar-refractivity contribution is 4.91. The van der Waals surface area contributed by atoms with Gasteiger partial charge < -0.3 is 14.8 Å². The third kappa shape index (κ3) is 4.22. The van der Waals surface area contributed by atoms with Crippen molar-refractivity contribution < 1.29 is 9.47 Å². The van der Waals surface area contributed by atoms with E-state index in [0.717, 1.165) is 26.2 Å². The molecule has 1 aliphatic heterocycles. The van der Waals surface area contributed by atoms with Gasteiger partial charge in [-0.2, -0.15) is 0 Å². The van der Waals surface area contributed by atoms with Crippen molar-refractivity contribution in [3.05, 3.63) is 0 Å². The molecule has 3 heteroatoms. The molecule has 1 saturated carbocycles. The fourth-order valence-corrected chi connectivity index (χ4v) is 3.42. The highest BCUT2D eigenvalue weighted by Gasteiger charge is 2.38. The molecule has 1 spiro atoms. The fraction of sp³-hybridized carbons (Fsp3) is 1.00. The SMILES string of the molecule is COCCCCNC1CCOC2(CCCCC2)C1. The quantitative estimate of drug-likeness (QED) is 0.740. The van der Waals surface area contributed by atoms with Gasteiger partial charge in [-0.25, -0.2) is 0 Å². The third-order valence-electron chi connectivity index (χ3n) is 4.47. The van der Waals surface area contributed by atoms with Crippen LogP contribution in [0.3, 0.4) is 0 Å². The maximum atomic E-state index is 6.12. The second kappa shape index (κ2) is 7.46. The van der Waals surface area contributed by atoms with Crippen molar-refractivity contribution in [3.63, 3.8) is 0 Å². The van der Waals surface area contributed by atoms with E-state index in [0.29, 0.717) is 6.04 Å². The molecule has 1 heterocycles. The first kappa shape index (κ1) is 14.3. The van der Waals surface area contributed by atoms with Gasteiger partial charge in [0, 0.05) is 26.4 Å². The van der Waals surface area contributed by atoms with Crippen LogP contribution in [0.5, 0.6) is 0 Å². The van der Waals surface area contributed by atoms with Crippen molar-refractivity contribution in [2.75, 3.05) is 26.9 Å². The lowest BCUT2D eigenvalue weighted by Gasteiger charge is -2.43. The molecule has 2 fully saturated rings. The van der Waals surface area contributed by atoms with Crippen LogP contribution in [0.25, 0.3) is 0 Å². The predicted octanol–water partition coefficient (Wildman–Crippen LogP) is 2.88. The summed E-state index contributed by atoms with van der Waals surface area (Å²) < 4.78 is 11.2. The number of methoxy groups -OCH3 is 1. The van der Waals surface area contributed by atoms with Gasteiger partial charge in [-0.1, -0.05) is 19.3 Å². The Morgan fingerprint density at radius 1 is 1.22 bits per heavy atom. The first-order chi connectivity index (χ1) is 8.85. The Bertz CT molecular complexity index is 221. The van der Waals surface area contributed by atoms with Crippen LogP contribution >= 0.6 is 0 Å².